The number of fused-ring (bicyclic) bond motifs is 1. The van der Waals surface area contributed by atoms with Crippen LogP contribution in [0.15, 0.2) is 24.3 Å². The lowest BCUT2D eigenvalue weighted by Crippen LogP contribution is -2.22. The zero-order chi connectivity index (χ0) is 12.7. The highest BCUT2D eigenvalue weighted by Crippen LogP contribution is 2.38. The van der Waals surface area contributed by atoms with Crippen molar-refractivity contribution in [2.24, 2.45) is 5.92 Å². The smallest absolute Gasteiger partial charge is 0.308 e. The molecule has 2 atom stereocenters. The van der Waals surface area contributed by atoms with E-state index in [4.69, 9.17) is 0 Å². The van der Waals surface area contributed by atoms with E-state index in [-0.39, 0.29) is 12.0 Å². The van der Waals surface area contributed by atoms with Gasteiger partial charge in [-0.25, -0.2) is 4.98 Å². The monoisotopic (exact) mass is 244 g/mol. The van der Waals surface area contributed by atoms with Crippen LogP contribution in [0.2, 0.25) is 0 Å². The predicted octanol–water partition coefficient (Wildman–Crippen LogP) is 2.77. The number of nitrogens with zero attached hydrogens (tertiary/aromatic N) is 2. The van der Waals surface area contributed by atoms with E-state index in [0.29, 0.717) is 0 Å². The Balaban J connectivity index is 2.13. The summed E-state index contributed by atoms with van der Waals surface area (Å²) in [5.41, 5.74) is 2.00. The third kappa shape index (κ3) is 1.60. The molecule has 94 valence electrons. The van der Waals surface area contributed by atoms with Crippen molar-refractivity contribution in [3.63, 3.8) is 0 Å². The summed E-state index contributed by atoms with van der Waals surface area (Å²) < 4.78 is 2.11. The van der Waals surface area contributed by atoms with Crippen molar-refractivity contribution in [1.29, 1.82) is 0 Å². The van der Waals surface area contributed by atoms with E-state index in [1.165, 1.54) is 0 Å². The normalized spacial score (nSPS) is 23.6. The first-order valence-corrected chi connectivity index (χ1v) is 6.35. The first kappa shape index (κ1) is 11.3. The van der Waals surface area contributed by atoms with Crippen molar-refractivity contribution in [3.05, 3.63) is 30.1 Å². The highest BCUT2D eigenvalue weighted by atomic mass is 16.4. The summed E-state index contributed by atoms with van der Waals surface area (Å²) in [6.45, 7) is 1.96. The van der Waals surface area contributed by atoms with E-state index in [1.54, 1.807) is 0 Å². The molecule has 0 radical (unpaired) electrons. The van der Waals surface area contributed by atoms with Gasteiger partial charge >= 0.3 is 5.97 Å². The Labute approximate surface area is 105 Å². The third-order valence-electron chi connectivity index (χ3n) is 3.90. The molecule has 1 aromatic carbocycles. The molecule has 1 N–H and O–H groups in total. The molecule has 1 saturated carbocycles. The molecule has 0 bridgehead atoms. The zero-order valence-electron chi connectivity index (χ0n) is 10.3. The van der Waals surface area contributed by atoms with Gasteiger partial charge in [0.05, 0.1) is 17.0 Å². The summed E-state index contributed by atoms with van der Waals surface area (Å²) >= 11 is 0. The fraction of sp³-hybridized carbons (Fsp3) is 0.429. The summed E-state index contributed by atoms with van der Waals surface area (Å²) in [5, 5.41) is 9.31. The van der Waals surface area contributed by atoms with Crippen LogP contribution in [-0.2, 0) is 4.79 Å². The van der Waals surface area contributed by atoms with Crippen LogP contribution < -0.4 is 0 Å². The lowest BCUT2D eigenvalue weighted by atomic mass is 10.0. The summed E-state index contributed by atoms with van der Waals surface area (Å²) in [4.78, 5) is 15.8. The lowest BCUT2D eigenvalue weighted by Gasteiger charge is -2.20. The molecule has 0 aliphatic heterocycles. The van der Waals surface area contributed by atoms with E-state index in [1.807, 2.05) is 31.2 Å². The first-order valence-electron chi connectivity index (χ1n) is 6.35. The number of aliphatic carboxylic acids is 1. The molecule has 1 fully saturated rings. The molecular weight excluding hydrogens is 228 g/mol. The van der Waals surface area contributed by atoms with Gasteiger partial charge in [-0.2, -0.15) is 0 Å². The van der Waals surface area contributed by atoms with E-state index >= 15 is 0 Å². The Kier molecular flexibility index (Phi) is 2.58. The summed E-state index contributed by atoms with van der Waals surface area (Å²) in [5.74, 6) is -0.0506. The average molecular weight is 244 g/mol. The van der Waals surface area contributed by atoms with Gasteiger partial charge < -0.3 is 9.67 Å². The largest absolute Gasteiger partial charge is 0.481 e. The number of benzene rings is 1. The number of hydrogen-bond acceptors (Lipinski definition) is 2. The number of aryl methyl sites for hydroxylation is 1. The topological polar surface area (TPSA) is 55.1 Å². The van der Waals surface area contributed by atoms with Gasteiger partial charge in [0.25, 0.3) is 0 Å². The van der Waals surface area contributed by atoms with E-state index in [9.17, 15) is 9.90 Å². The van der Waals surface area contributed by atoms with Crippen LogP contribution >= 0.6 is 0 Å². The summed E-state index contributed by atoms with van der Waals surface area (Å²) in [6.07, 6.45) is 2.68. The van der Waals surface area contributed by atoms with Crippen LogP contribution in [0, 0.1) is 12.8 Å². The van der Waals surface area contributed by atoms with Gasteiger partial charge in [0.1, 0.15) is 5.82 Å². The van der Waals surface area contributed by atoms with Crippen molar-refractivity contribution >= 4 is 17.0 Å². The molecule has 1 heterocycles. The standard InChI is InChI=1S/C14H16N2O2/c1-9-15-11-6-2-3-7-13(11)16(9)12-8-4-5-10(12)14(17)18/h2-3,6-7,10,12H,4-5,8H2,1H3,(H,17,18). The molecule has 2 unspecified atom stereocenters. The SMILES string of the molecule is Cc1nc2ccccc2n1C1CCCC1C(=O)O. The number of aromatic nitrogens is 2. The molecule has 1 aromatic heterocycles. The number of imidazole rings is 1. The fourth-order valence-electron chi connectivity index (χ4n) is 3.12. The minimum atomic E-state index is -0.685. The molecular formula is C14H16N2O2. The Morgan fingerprint density at radius 2 is 2.17 bits per heavy atom. The minimum Gasteiger partial charge on any atom is -0.481 e. The maximum absolute atomic E-state index is 11.3. The average Bonchev–Trinajstić information content (AvgIpc) is 2.91. The van der Waals surface area contributed by atoms with Gasteiger partial charge in [0.2, 0.25) is 0 Å². The van der Waals surface area contributed by atoms with Gasteiger partial charge in [-0.05, 0) is 31.9 Å². The Hall–Kier alpha value is -1.84. The van der Waals surface area contributed by atoms with Crippen molar-refractivity contribution < 1.29 is 9.90 Å². The number of carboxylic acid groups (broad SMARTS) is 1. The molecule has 1 aliphatic carbocycles. The van der Waals surface area contributed by atoms with Crippen molar-refractivity contribution in [1.82, 2.24) is 9.55 Å². The fourth-order valence-corrected chi connectivity index (χ4v) is 3.12. The summed E-state index contributed by atoms with van der Waals surface area (Å²) in [6, 6.07) is 7.98. The van der Waals surface area contributed by atoms with Crippen LogP contribution in [-0.4, -0.2) is 20.6 Å². The highest BCUT2D eigenvalue weighted by molar-refractivity contribution is 5.77. The second kappa shape index (κ2) is 4.12. The molecule has 2 aromatic rings. The van der Waals surface area contributed by atoms with Crippen LogP contribution in [0.3, 0.4) is 0 Å². The number of para-hydroxylation sites is 2. The van der Waals surface area contributed by atoms with Crippen LogP contribution in [0.5, 0.6) is 0 Å². The highest BCUT2D eigenvalue weighted by Gasteiger charge is 2.35. The van der Waals surface area contributed by atoms with Crippen LogP contribution in [0.4, 0.5) is 0 Å². The van der Waals surface area contributed by atoms with Gasteiger partial charge in [-0.3, -0.25) is 4.79 Å². The third-order valence-corrected chi connectivity index (χ3v) is 3.90. The first-order chi connectivity index (χ1) is 8.68. The number of rotatable bonds is 2. The van der Waals surface area contributed by atoms with Crippen LogP contribution in [0.1, 0.15) is 31.1 Å². The Morgan fingerprint density at radius 1 is 1.39 bits per heavy atom. The van der Waals surface area contributed by atoms with E-state index in [2.05, 4.69) is 9.55 Å². The quantitative estimate of drug-likeness (QED) is 0.883. The molecule has 0 saturated heterocycles. The van der Waals surface area contributed by atoms with Crippen LogP contribution in [0.25, 0.3) is 11.0 Å². The van der Waals surface area contributed by atoms with Crippen molar-refractivity contribution in [2.75, 3.05) is 0 Å². The molecule has 0 spiro atoms. The second-order valence-electron chi connectivity index (χ2n) is 4.96. The maximum atomic E-state index is 11.3. The minimum absolute atomic E-state index is 0.0508. The number of carbonyl (C=O) groups is 1. The van der Waals surface area contributed by atoms with Gasteiger partial charge in [-0.1, -0.05) is 18.6 Å². The van der Waals surface area contributed by atoms with Gasteiger partial charge in [-0.15, -0.1) is 0 Å². The molecule has 0 amide bonds. The summed E-state index contributed by atoms with van der Waals surface area (Å²) in [7, 11) is 0. The van der Waals surface area contributed by atoms with Gasteiger partial charge in [0.15, 0.2) is 0 Å². The Bertz CT molecular complexity index is 603. The van der Waals surface area contributed by atoms with Gasteiger partial charge in [0, 0.05) is 6.04 Å². The molecule has 3 rings (SSSR count). The molecule has 4 heteroatoms. The predicted molar refractivity (Wildman–Crippen MR) is 68.5 cm³/mol. The molecule has 18 heavy (non-hydrogen) atoms. The lowest BCUT2D eigenvalue weighted by molar-refractivity contribution is -0.142. The Morgan fingerprint density at radius 3 is 2.94 bits per heavy atom. The van der Waals surface area contributed by atoms with E-state index < -0.39 is 5.97 Å². The molecule has 1 aliphatic rings. The number of carboxylic acids is 1. The van der Waals surface area contributed by atoms with Crippen molar-refractivity contribution in [2.45, 2.75) is 32.2 Å². The zero-order valence-corrected chi connectivity index (χ0v) is 10.3. The molecule has 4 nitrogen and oxygen atoms in total. The van der Waals surface area contributed by atoms with Crippen molar-refractivity contribution in [3.8, 4) is 0 Å². The maximum Gasteiger partial charge on any atom is 0.308 e. The van der Waals surface area contributed by atoms with E-state index in [0.717, 1.165) is 36.1 Å². The second-order valence-corrected chi connectivity index (χ2v) is 4.96. The number of hydrogen-bond donors (Lipinski definition) is 1.